The Kier molecular flexibility index (Phi) is 5.22. The average molecular weight is 383 g/mol. The maximum atomic E-state index is 13.9. The van der Waals surface area contributed by atoms with Gasteiger partial charge in [0.1, 0.15) is 11.6 Å². The van der Waals surface area contributed by atoms with E-state index in [2.05, 4.69) is 16.8 Å². The smallest absolute Gasteiger partial charge is 0.192 e. The zero-order valence-corrected chi connectivity index (χ0v) is 15.4. The zero-order valence-electron chi connectivity index (χ0n) is 14.6. The van der Waals surface area contributed by atoms with Crippen molar-refractivity contribution in [2.45, 2.75) is 24.1 Å². The lowest BCUT2D eigenvalue weighted by Crippen LogP contribution is -2.13. The number of nitrogens with zero attached hydrogens (tertiary/aromatic N) is 3. The highest BCUT2D eigenvalue weighted by atomic mass is 32.2. The number of rotatable bonds is 6. The Morgan fingerprint density at radius 1 is 1.22 bits per heavy atom. The maximum Gasteiger partial charge on any atom is 0.192 e. The first-order chi connectivity index (χ1) is 13.3. The van der Waals surface area contributed by atoms with Crippen LogP contribution in [0.3, 0.4) is 0 Å². The summed E-state index contributed by atoms with van der Waals surface area (Å²) in [5, 5.41) is 9.42. The number of ether oxygens (including phenoxy) is 2. The minimum atomic E-state index is -0.295. The highest BCUT2D eigenvalue weighted by molar-refractivity contribution is 7.98. The van der Waals surface area contributed by atoms with Crippen LogP contribution in [0, 0.1) is 5.82 Å². The second kappa shape index (κ2) is 7.94. The van der Waals surface area contributed by atoms with Gasteiger partial charge in [-0.3, -0.25) is 4.57 Å². The predicted octanol–water partition coefficient (Wildman–Crippen LogP) is 4.43. The molecular formula is C20H18FN3O2S. The van der Waals surface area contributed by atoms with E-state index in [1.807, 2.05) is 41.0 Å². The lowest BCUT2D eigenvalue weighted by atomic mass is 10.1. The first-order valence-corrected chi connectivity index (χ1v) is 9.49. The SMILES string of the molecule is C=CCn1c(SCc2cc(F)cc3c2OCOC3)nnc1-c1ccccc1. The second-order valence-corrected chi connectivity index (χ2v) is 6.97. The molecule has 0 atom stereocenters. The number of allylic oxidation sites excluding steroid dienone is 1. The van der Waals surface area contributed by atoms with Crippen molar-refractivity contribution in [3.8, 4) is 17.1 Å². The summed E-state index contributed by atoms with van der Waals surface area (Å²) < 4.78 is 26.8. The molecule has 4 rings (SSSR count). The van der Waals surface area contributed by atoms with E-state index in [0.29, 0.717) is 24.7 Å². The van der Waals surface area contributed by atoms with Crippen LogP contribution in [0.25, 0.3) is 11.4 Å². The van der Waals surface area contributed by atoms with E-state index in [0.717, 1.165) is 27.7 Å². The van der Waals surface area contributed by atoms with E-state index in [1.165, 1.54) is 23.9 Å². The van der Waals surface area contributed by atoms with Crippen LogP contribution in [0.5, 0.6) is 5.75 Å². The molecule has 3 aromatic rings. The van der Waals surface area contributed by atoms with Crippen molar-refractivity contribution in [3.05, 3.63) is 72.1 Å². The standard InChI is InChI=1S/C20H18FN3O2S/c1-2-8-24-19(14-6-4-3-5-7-14)22-23-20(24)27-12-16-10-17(21)9-15-11-25-13-26-18(15)16/h2-7,9-10H,1,8,11-13H2. The molecule has 138 valence electrons. The van der Waals surface area contributed by atoms with Crippen molar-refractivity contribution < 1.29 is 13.9 Å². The van der Waals surface area contributed by atoms with Crippen molar-refractivity contribution in [3.63, 3.8) is 0 Å². The van der Waals surface area contributed by atoms with Gasteiger partial charge in [-0.15, -0.1) is 16.8 Å². The molecule has 0 aliphatic carbocycles. The molecule has 0 radical (unpaired) electrons. The number of aromatic nitrogens is 3. The van der Waals surface area contributed by atoms with Gasteiger partial charge in [0.2, 0.25) is 0 Å². The van der Waals surface area contributed by atoms with Crippen LogP contribution in [-0.4, -0.2) is 21.6 Å². The molecule has 0 spiro atoms. The van der Waals surface area contributed by atoms with E-state index in [9.17, 15) is 4.39 Å². The van der Waals surface area contributed by atoms with Crippen LogP contribution >= 0.6 is 11.8 Å². The van der Waals surface area contributed by atoms with Crippen LogP contribution < -0.4 is 4.74 Å². The van der Waals surface area contributed by atoms with Gasteiger partial charge in [0.25, 0.3) is 0 Å². The fourth-order valence-corrected chi connectivity index (χ4v) is 3.91. The predicted molar refractivity (Wildman–Crippen MR) is 102 cm³/mol. The molecule has 5 nitrogen and oxygen atoms in total. The summed E-state index contributed by atoms with van der Waals surface area (Å²) in [6.45, 7) is 4.96. The molecule has 7 heteroatoms. The van der Waals surface area contributed by atoms with Gasteiger partial charge in [0, 0.05) is 29.0 Å². The molecule has 2 aromatic carbocycles. The van der Waals surface area contributed by atoms with Crippen molar-refractivity contribution >= 4 is 11.8 Å². The Morgan fingerprint density at radius 2 is 2.07 bits per heavy atom. The van der Waals surface area contributed by atoms with Gasteiger partial charge in [0.15, 0.2) is 17.8 Å². The fraction of sp³-hybridized carbons (Fsp3) is 0.200. The van der Waals surface area contributed by atoms with Gasteiger partial charge in [0.05, 0.1) is 6.61 Å². The van der Waals surface area contributed by atoms with Crippen LogP contribution in [0.4, 0.5) is 4.39 Å². The van der Waals surface area contributed by atoms with E-state index in [-0.39, 0.29) is 12.6 Å². The van der Waals surface area contributed by atoms with Crippen molar-refractivity contribution in [2.24, 2.45) is 0 Å². The number of halogens is 1. The van der Waals surface area contributed by atoms with Crippen LogP contribution in [-0.2, 0) is 23.6 Å². The number of fused-ring (bicyclic) bond motifs is 1. The van der Waals surface area contributed by atoms with Crippen molar-refractivity contribution in [1.82, 2.24) is 14.8 Å². The second-order valence-electron chi connectivity index (χ2n) is 6.02. The molecule has 0 saturated heterocycles. The van der Waals surface area contributed by atoms with E-state index < -0.39 is 0 Å². The molecule has 0 bridgehead atoms. The summed E-state index contributed by atoms with van der Waals surface area (Å²) in [6, 6.07) is 12.8. The summed E-state index contributed by atoms with van der Waals surface area (Å²) >= 11 is 1.49. The molecule has 2 heterocycles. The summed E-state index contributed by atoms with van der Waals surface area (Å²) in [7, 11) is 0. The lowest BCUT2D eigenvalue weighted by Gasteiger charge is -2.20. The molecule has 0 saturated carbocycles. The van der Waals surface area contributed by atoms with Crippen LogP contribution in [0.1, 0.15) is 11.1 Å². The molecule has 1 aliphatic rings. The van der Waals surface area contributed by atoms with Gasteiger partial charge in [-0.05, 0) is 12.1 Å². The summed E-state index contributed by atoms with van der Waals surface area (Å²) in [5.41, 5.74) is 2.50. The Bertz CT molecular complexity index is 959. The average Bonchev–Trinajstić information content (AvgIpc) is 3.09. The fourth-order valence-electron chi connectivity index (χ4n) is 3.00. The maximum absolute atomic E-state index is 13.9. The van der Waals surface area contributed by atoms with Gasteiger partial charge in [-0.1, -0.05) is 48.2 Å². The molecule has 0 unspecified atom stereocenters. The Hall–Kier alpha value is -2.64. The van der Waals surface area contributed by atoms with Gasteiger partial charge >= 0.3 is 0 Å². The third kappa shape index (κ3) is 3.74. The third-order valence-electron chi connectivity index (χ3n) is 4.17. The van der Waals surface area contributed by atoms with Gasteiger partial charge in [-0.2, -0.15) is 0 Å². The molecular weight excluding hydrogens is 365 g/mol. The minimum Gasteiger partial charge on any atom is -0.467 e. The monoisotopic (exact) mass is 383 g/mol. The van der Waals surface area contributed by atoms with Crippen molar-refractivity contribution in [1.29, 1.82) is 0 Å². The Balaban J connectivity index is 1.62. The molecule has 0 fully saturated rings. The van der Waals surface area contributed by atoms with E-state index >= 15 is 0 Å². The number of hydrogen-bond acceptors (Lipinski definition) is 5. The molecule has 27 heavy (non-hydrogen) atoms. The van der Waals surface area contributed by atoms with Gasteiger partial charge in [-0.25, -0.2) is 4.39 Å². The summed E-state index contributed by atoms with van der Waals surface area (Å²) in [5.74, 6) is 1.71. The van der Waals surface area contributed by atoms with Gasteiger partial charge < -0.3 is 9.47 Å². The molecule has 0 N–H and O–H groups in total. The zero-order chi connectivity index (χ0) is 18.6. The number of hydrogen-bond donors (Lipinski definition) is 0. The quantitative estimate of drug-likeness (QED) is 0.466. The topological polar surface area (TPSA) is 49.2 Å². The first kappa shape index (κ1) is 17.8. The van der Waals surface area contributed by atoms with Crippen LogP contribution in [0.15, 0.2) is 60.3 Å². The Morgan fingerprint density at radius 3 is 2.89 bits per heavy atom. The molecule has 0 amide bonds. The van der Waals surface area contributed by atoms with E-state index in [4.69, 9.17) is 9.47 Å². The highest BCUT2D eigenvalue weighted by Gasteiger charge is 2.19. The normalized spacial score (nSPS) is 13.1. The molecule has 1 aromatic heterocycles. The van der Waals surface area contributed by atoms with Crippen molar-refractivity contribution in [2.75, 3.05) is 6.79 Å². The summed E-state index contributed by atoms with van der Waals surface area (Å²) in [6.07, 6.45) is 1.81. The lowest BCUT2D eigenvalue weighted by molar-refractivity contribution is -0.0171. The largest absolute Gasteiger partial charge is 0.467 e. The highest BCUT2D eigenvalue weighted by Crippen LogP contribution is 2.34. The van der Waals surface area contributed by atoms with E-state index in [1.54, 1.807) is 0 Å². The number of thioether (sulfide) groups is 1. The third-order valence-corrected chi connectivity index (χ3v) is 5.18. The minimum absolute atomic E-state index is 0.182. The Labute approximate surface area is 160 Å². The first-order valence-electron chi connectivity index (χ1n) is 8.50. The summed E-state index contributed by atoms with van der Waals surface area (Å²) in [4.78, 5) is 0. The molecule has 1 aliphatic heterocycles. The number of benzene rings is 2. The van der Waals surface area contributed by atoms with Crippen LogP contribution in [0.2, 0.25) is 0 Å².